The van der Waals surface area contributed by atoms with Crippen molar-refractivity contribution in [2.75, 3.05) is 20.3 Å². The summed E-state index contributed by atoms with van der Waals surface area (Å²) in [6.07, 6.45) is 1.50. The number of carbonyl (C=O) groups is 2. The molecule has 19 heavy (non-hydrogen) atoms. The van der Waals surface area contributed by atoms with Gasteiger partial charge in [-0.3, -0.25) is 14.3 Å². The number of carbonyl (C=O) groups excluding carboxylic acids is 1. The van der Waals surface area contributed by atoms with Gasteiger partial charge in [-0.25, -0.2) is 0 Å². The fraction of sp³-hybridized carbons (Fsp3) is 0.583. The lowest BCUT2D eigenvalue weighted by Crippen LogP contribution is -2.44. The van der Waals surface area contributed by atoms with Gasteiger partial charge >= 0.3 is 5.97 Å². The van der Waals surface area contributed by atoms with E-state index in [-0.39, 0.29) is 19.1 Å². The van der Waals surface area contributed by atoms with E-state index in [4.69, 9.17) is 9.84 Å². The lowest BCUT2D eigenvalue weighted by molar-refractivity contribution is -0.142. The van der Waals surface area contributed by atoms with Gasteiger partial charge in [-0.15, -0.1) is 0 Å². The minimum Gasteiger partial charge on any atom is -0.481 e. The summed E-state index contributed by atoms with van der Waals surface area (Å²) in [5, 5.41) is 13.1. The van der Waals surface area contributed by atoms with Crippen molar-refractivity contribution in [2.45, 2.75) is 13.0 Å². The van der Waals surface area contributed by atoms with Crippen molar-refractivity contribution in [1.29, 1.82) is 0 Å². The zero-order chi connectivity index (χ0) is 14.2. The summed E-state index contributed by atoms with van der Waals surface area (Å²) in [6, 6.07) is -0.440. The number of carboxylic acid groups (broad SMARTS) is 1. The van der Waals surface area contributed by atoms with E-state index >= 15 is 0 Å². The van der Waals surface area contributed by atoms with Crippen LogP contribution in [-0.2, 0) is 16.6 Å². The third kappa shape index (κ3) is 2.33. The second-order valence-electron chi connectivity index (χ2n) is 4.73. The molecular formula is C12H17N3O4. The monoisotopic (exact) mass is 267 g/mol. The lowest BCUT2D eigenvalue weighted by atomic mass is 10.0. The molecule has 1 aromatic heterocycles. The molecule has 7 nitrogen and oxygen atoms in total. The number of rotatable bonds is 3. The van der Waals surface area contributed by atoms with Crippen molar-refractivity contribution in [3.05, 3.63) is 17.5 Å². The van der Waals surface area contributed by atoms with Gasteiger partial charge in [-0.1, -0.05) is 0 Å². The molecule has 1 aromatic rings. The highest BCUT2D eigenvalue weighted by Gasteiger charge is 2.39. The summed E-state index contributed by atoms with van der Waals surface area (Å²) in [5.74, 6) is -1.84. The van der Waals surface area contributed by atoms with E-state index in [9.17, 15) is 9.59 Å². The van der Waals surface area contributed by atoms with Crippen molar-refractivity contribution in [3.8, 4) is 0 Å². The molecule has 1 aliphatic rings. The van der Waals surface area contributed by atoms with E-state index in [1.807, 2.05) is 0 Å². The van der Waals surface area contributed by atoms with Crippen molar-refractivity contribution in [2.24, 2.45) is 13.0 Å². The minimum atomic E-state index is -0.940. The number of hydrogen-bond acceptors (Lipinski definition) is 4. The highest BCUT2D eigenvalue weighted by atomic mass is 16.5. The molecule has 0 aromatic carbocycles. The van der Waals surface area contributed by atoms with Gasteiger partial charge in [0.05, 0.1) is 31.0 Å². The Morgan fingerprint density at radius 1 is 1.53 bits per heavy atom. The third-order valence-electron chi connectivity index (χ3n) is 3.65. The van der Waals surface area contributed by atoms with Crippen molar-refractivity contribution >= 4 is 11.9 Å². The summed E-state index contributed by atoms with van der Waals surface area (Å²) in [7, 11) is 3.36. The molecule has 0 radical (unpaired) electrons. The molecule has 1 aliphatic heterocycles. The van der Waals surface area contributed by atoms with Gasteiger partial charge in [0.1, 0.15) is 5.92 Å². The second-order valence-corrected chi connectivity index (χ2v) is 4.73. The average molecular weight is 267 g/mol. The molecule has 0 aliphatic carbocycles. The van der Waals surface area contributed by atoms with E-state index in [0.717, 1.165) is 5.69 Å². The number of likely N-dealkylation sites (N-methyl/N-ethyl adjacent to an activating group) is 1. The number of nitrogens with zero attached hydrogens (tertiary/aromatic N) is 3. The van der Waals surface area contributed by atoms with Crippen molar-refractivity contribution in [1.82, 2.24) is 14.7 Å². The molecule has 1 amide bonds. The third-order valence-corrected chi connectivity index (χ3v) is 3.65. The van der Waals surface area contributed by atoms with Crippen LogP contribution in [0.1, 0.15) is 16.1 Å². The Labute approximate surface area is 110 Å². The summed E-state index contributed by atoms with van der Waals surface area (Å²) in [6.45, 7) is 2.19. The number of hydrogen-bond donors (Lipinski definition) is 1. The van der Waals surface area contributed by atoms with Crippen LogP contribution in [0.2, 0.25) is 0 Å². The van der Waals surface area contributed by atoms with Crippen LogP contribution in [0.3, 0.4) is 0 Å². The highest BCUT2D eigenvalue weighted by molar-refractivity contribution is 5.95. The number of carboxylic acids is 1. The average Bonchev–Trinajstić information content (AvgIpc) is 2.96. The molecule has 1 N–H and O–H groups in total. The summed E-state index contributed by atoms with van der Waals surface area (Å²) in [4.78, 5) is 24.9. The fourth-order valence-electron chi connectivity index (χ4n) is 2.21. The number of aromatic nitrogens is 2. The number of amides is 1. The molecule has 0 spiro atoms. The van der Waals surface area contributed by atoms with E-state index in [2.05, 4.69) is 5.10 Å². The quantitative estimate of drug-likeness (QED) is 0.826. The van der Waals surface area contributed by atoms with Crippen LogP contribution in [0.5, 0.6) is 0 Å². The topological polar surface area (TPSA) is 84.7 Å². The Morgan fingerprint density at radius 2 is 2.21 bits per heavy atom. The predicted molar refractivity (Wildman–Crippen MR) is 65.8 cm³/mol. The maximum absolute atomic E-state index is 12.4. The first-order valence-corrected chi connectivity index (χ1v) is 5.99. The van der Waals surface area contributed by atoms with Crippen molar-refractivity contribution < 1.29 is 19.4 Å². The standard InChI is InChI=1S/C12H17N3O4/c1-7-8(4-13-15(7)3)11(16)14(2)10-6-19-5-9(10)12(17)18/h4,9-10H,5-6H2,1-3H3,(H,17,18). The molecule has 1 fully saturated rings. The van der Waals surface area contributed by atoms with Gasteiger partial charge in [0, 0.05) is 19.8 Å². The first kappa shape index (κ1) is 13.5. The van der Waals surface area contributed by atoms with Crippen LogP contribution < -0.4 is 0 Å². The van der Waals surface area contributed by atoms with E-state index < -0.39 is 17.9 Å². The maximum atomic E-state index is 12.4. The Balaban J connectivity index is 2.19. The summed E-state index contributed by atoms with van der Waals surface area (Å²) in [5.41, 5.74) is 1.24. The Kier molecular flexibility index (Phi) is 3.57. The van der Waals surface area contributed by atoms with E-state index in [1.54, 1.807) is 25.7 Å². The lowest BCUT2D eigenvalue weighted by Gasteiger charge is -2.26. The smallest absolute Gasteiger partial charge is 0.311 e. The van der Waals surface area contributed by atoms with Crippen LogP contribution in [-0.4, -0.2) is 58.0 Å². The Bertz CT molecular complexity index is 511. The molecule has 0 saturated carbocycles. The number of aryl methyl sites for hydroxylation is 1. The highest BCUT2D eigenvalue weighted by Crippen LogP contribution is 2.21. The van der Waals surface area contributed by atoms with E-state index in [1.165, 1.54) is 11.1 Å². The summed E-state index contributed by atoms with van der Waals surface area (Å²) < 4.78 is 6.79. The van der Waals surface area contributed by atoms with Crippen LogP contribution in [0, 0.1) is 12.8 Å². The molecule has 7 heteroatoms. The minimum absolute atomic E-state index is 0.143. The number of aliphatic carboxylic acids is 1. The number of ether oxygens (including phenoxy) is 1. The molecule has 2 unspecified atom stereocenters. The van der Waals surface area contributed by atoms with Gasteiger partial charge in [0.25, 0.3) is 5.91 Å². The van der Waals surface area contributed by atoms with Crippen LogP contribution in [0.4, 0.5) is 0 Å². The molecule has 104 valence electrons. The van der Waals surface area contributed by atoms with Gasteiger partial charge in [-0.05, 0) is 6.92 Å². The Morgan fingerprint density at radius 3 is 2.74 bits per heavy atom. The molecule has 0 bridgehead atoms. The van der Waals surface area contributed by atoms with Crippen LogP contribution >= 0.6 is 0 Å². The zero-order valence-corrected chi connectivity index (χ0v) is 11.2. The predicted octanol–water partition coefficient (Wildman–Crippen LogP) is -0.0999. The van der Waals surface area contributed by atoms with Crippen molar-refractivity contribution in [3.63, 3.8) is 0 Å². The Hall–Kier alpha value is -1.89. The largest absolute Gasteiger partial charge is 0.481 e. The second kappa shape index (κ2) is 5.00. The first-order valence-electron chi connectivity index (χ1n) is 5.99. The first-order chi connectivity index (χ1) is 8.93. The normalized spacial score (nSPS) is 22.5. The summed E-state index contributed by atoms with van der Waals surface area (Å²) >= 11 is 0. The maximum Gasteiger partial charge on any atom is 0.311 e. The van der Waals surface area contributed by atoms with Crippen LogP contribution in [0.15, 0.2) is 6.20 Å². The van der Waals surface area contributed by atoms with Gasteiger partial charge < -0.3 is 14.7 Å². The molecule has 1 saturated heterocycles. The molecular weight excluding hydrogens is 250 g/mol. The van der Waals surface area contributed by atoms with Gasteiger partial charge in [-0.2, -0.15) is 5.10 Å². The van der Waals surface area contributed by atoms with Crippen LogP contribution in [0.25, 0.3) is 0 Å². The van der Waals surface area contributed by atoms with E-state index in [0.29, 0.717) is 5.56 Å². The zero-order valence-electron chi connectivity index (χ0n) is 11.2. The molecule has 2 rings (SSSR count). The van der Waals surface area contributed by atoms with Gasteiger partial charge in [0.2, 0.25) is 0 Å². The van der Waals surface area contributed by atoms with Gasteiger partial charge in [0.15, 0.2) is 0 Å². The molecule has 2 heterocycles. The molecule has 2 atom stereocenters. The SMILES string of the molecule is Cc1c(C(=O)N(C)C2COCC2C(=O)O)cnn1C. The fourth-order valence-corrected chi connectivity index (χ4v) is 2.21.